The fourth-order valence-corrected chi connectivity index (χ4v) is 3.32. The third-order valence-electron chi connectivity index (χ3n) is 6.77. The number of esters is 3. The third kappa shape index (κ3) is 9.84. The van der Waals surface area contributed by atoms with Crippen LogP contribution in [0.2, 0.25) is 0 Å². The third-order valence-corrected chi connectivity index (χ3v) is 6.77. The van der Waals surface area contributed by atoms with E-state index in [2.05, 4.69) is 0 Å². The quantitative estimate of drug-likeness (QED) is 0.244. The molecule has 2 N–H and O–H groups in total. The number of hydrogen-bond donors (Lipinski definition) is 1. The molecule has 220 valence electrons. The van der Waals surface area contributed by atoms with Gasteiger partial charge in [0.05, 0.1) is 24.5 Å². The highest BCUT2D eigenvalue weighted by Crippen LogP contribution is 2.35. The molecular formula is C29H45NO9. The minimum Gasteiger partial charge on any atom is -0.468 e. The first-order valence-electron chi connectivity index (χ1n) is 13.3. The molecule has 10 heteroatoms. The number of hydrogen-bond acceptors (Lipinski definition) is 10. The maximum Gasteiger partial charge on any atom is 0.508 e. The van der Waals surface area contributed by atoms with Crippen LogP contribution in [-0.4, -0.2) is 49.4 Å². The molecule has 0 bridgehead atoms. The summed E-state index contributed by atoms with van der Waals surface area (Å²) in [7, 11) is 1.21. The molecule has 2 atom stereocenters. The van der Waals surface area contributed by atoms with Crippen LogP contribution < -0.4 is 15.2 Å². The normalized spacial score (nSPS) is 14.0. The highest BCUT2D eigenvalue weighted by molar-refractivity contribution is 5.82. The van der Waals surface area contributed by atoms with Crippen LogP contribution in [-0.2, 0) is 35.0 Å². The fraction of sp³-hybridized carbons (Fsp3) is 0.655. The number of carbonyl (C=O) groups excluding carboxylic acids is 4. The summed E-state index contributed by atoms with van der Waals surface area (Å²) in [5, 5.41) is 0. The molecule has 0 aliphatic heterocycles. The van der Waals surface area contributed by atoms with Crippen molar-refractivity contribution in [1.29, 1.82) is 0 Å². The van der Waals surface area contributed by atoms with Gasteiger partial charge in [0, 0.05) is 12.8 Å². The Kier molecular flexibility index (Phi) is 12.4. The smallest absolute Gasteiger partial charge is 0.468 e. The molecule has 10 nitrogen and oxygen atoms in total. The van der Waals surface area contributed by atoms with E-state index in [0.29, 0.717) is 24.8 Å². The van der Waals surface area contributed by atoms with E-state index in [4.69, 9.17) is 29.4 Å². The van der Waals surface area contributed by atoms with Crippen molar-refractivity contribution >= 4 is 24.1 Å². The summed E-state index contributed by atoms with van der Waals surface area (Å²) in [6.07, 6.45) is -0.0354. The van der Waals surface area contributed by atoms with Gasteiger partial charge in [-0.05, 0) is 71.6 Å². The van der Waals surface area contributed by atoms with Crippen LogP contribution in [0.25, 0.3) is 0 Å². The van der Waals surface area contributed by atoms with Gasteiger partial charge in [-0.3, -0.25) is 14.4 Å². The Morgan fingerprint density at radius 1 is 0.872 bits per heavy atom. The first-order chi connectivity index (χ1) is 18.0. The van der Waals surface area contributed by atoms with Crippen molar-refractivity contribution in [2.45, 2.75) is 99.1 Å². The van der Waals surface area contributed by atoms with Gasteiger partial charge in [0.15, 0.2) is 11.5 Å². The van der Waals surface area contributed by atoms with Gasteiger partial charge in [-0.2, -0.15) is 0 Å². The van der Waals surface area contributed by atoms with E-state index in [-0.39, 0.29) is 30.9 Å². The number of benzene rings is 1. The zero-order chi connectivity index (χ0) is 30.0. The molecule has 1 aromatic rings. The van der Waals surface area contributed by atoms with E-state index in [0.717, 1.165) is 0 Å². The van der Waals surface area contributed by atoms with Crippen molar-refractivity contribution < 1.29 is 42.9 Å². The standard InChI is InChI=1S/C29H45NO9/c1-10-15-36-26(34)37-19(4)17-29(30,25(33)35-9)18-20-13-14-21(38-23(31)27(5,6)11-2)22(16-20)39-24(32)28(7,8)12-3/h13-14,16,19H,10-12,15,17-18,30H2,1-9H3/t19-,29?/m0/s1. The minimum atomic E-state index is -1.59. The molecule has 0 radical (unpaired) electrons. The second-order valence-electron chi connectivity index (χ2n) is 11.1. The molecule has 0 saturated carbocycles. The molecule has 39 heavy (non-hydrogen) atoms. The lowest BCUT2D eigenvalue weighted by molar-refractivity contribution is -0.148. The SMILES string of the molecule is CCCOC(=O)O[C@@H](C)CC(N)(Cc1ccc(OC(=O)C(C)(C)CC)c(OC(=O)C(C)(C)CC)c1)C(=O)OC. The maximum absolute atomic E-state index is 12.9. The Labute approximate surface area is 231 Å². The first-order valence-corrected chi connectivity index (χ1v) is 13.3. The van der Waals surface area contributed by atoms with Crippen LogP contribution in [0, 0.1) is 10.8 Å². The van der Waals surface area contributed by atoms with Crippen molar-refractivity contribution in [2.75, 3.05) is 13.7 Å². The molecule has 0 aromatic heterocycles. The van der Waals surface area contributed by atoms with Crippen molar-refractivity contribution in [3.8, 4) is 11.5 Å². The number of rotatable bonds is 14. The van der Waals surface area contributed by atoms with E-state index in [1.807, 2.05) is 20.8 Å². The van der Waals surface area contributed by atoms with Gasteiger partial charge < -0.3 is 29.4 Å². The fourth-order valence-electron chi connectivity index (χ4n) is 3.32. The van der Waals surface area contributed by atoms with Crippen LogP contribution in [0.4, 0.5) is 4.79 Å². The number of carbonyl (C=O) groups is 4. The van der Waals surface area contributed by atoms with Crippen LogP contribution in [0.5, 0.6) is 11.5 Å². The van der Waals surface area contributed by atoms with Crippen LogP contribution in [0.15, 0.2) is 18.2 Å². The lowest BCUT2D eigenvalue weighted by atomic mass is 9.86. The molecule has 0 fully saturated rings. The van der Waals surface area contributed by atoms with E-state index < -0.39 is 46.5 Å². The highest BCUT2D eigenvalue weighted by atomic mass is 16.7. The molecule has 0 heterocycles. The lowest BCUT2D eigenvalue weighted by Crippen LogP contribution is -2.53. The molecule has 1 rings (SSSR count). The van der Waals surface area contributed by atoms with Gasteiger partial charge in [-0.25, -0.2) is 4.79 Å². The summed E-state index contributed by atoms with van der Waals surface area (Å²) in [6.45, 7) is 14.4. The monoisotopic (exact) mass is 551 g/mol. The Balaban J connectivity index is 3.36. The van der Waals surface area contributed by atoms with Crippen molar-refractivity contribution in [1.82, 2.24) is 0 Å². The lowest BCUT2D eigenvalue weighted by Gasteiger charge is -2.29. The summed E-state index contributed by atoms with van der Waals surface area (Å²) in [5.74, 6) is -1.60. The number of ether oxygens (including phenoxy) is 5. The number of methoxy groups -OCH3 is 1. The molecule has 0 spiro atoms. The zero-order valence-corrected chi connectivity index (χ0v) is 24.8. The van der Waals surface area contributed by atoms with E-state index in [1.54, 1.807) is 40.7 Å². The van der Waals surface area contributed by atoms with Crippen LogP contribution >= 0.6 is 0 Å². The van der Waals surface area contributed by atoms with Crippen LogP contribution in [0.3, 0.4) is 0 Å². The zero-order valence-electron chi connectivity index (χ0n) is 24.8. The van der Waals surface area contributed by atoms with Gasteiger partial charge in [0.25, 0.3) is 0 Å². The largest absolute Gasteiger partial charge is 0.508 e. The van der Waals surface area contributed by atoms with E-state index >= 15 is 0 Å². The van der Waals surface area contributed by atoms with Gasteiger partial charge in [-0.15, -0.1) is 0 Å². The summed E-state index contributed by atoms with van der Waals surface area (Å²) in [5.41, 5.74) is 3.87. The van der Waals surface area contributed by atoms with Gasteiger partial charge in [0.1, 0.15) is 11.6 Å². The second-order valence-corrected chi connectivity index (χ2v) is 11.1. The summed E-state index contributed by atoms with van der Waals surface area (Å²) in [6, 6.07) is 4.63. The van der Waals surface area contributed by atoms with Gasteiger partial charge in [-0.1, -0.05) is 26.8 Å². The average Bonchev–Trinajstić information content (AvgIpc) is 2.87. The van der Waals surface area contributed by atoms with Crippen LogP contribution in [0.1, 0.15) is 86.6 Å². The molecule has 0 aliphatic carbocycles. The molecule has 1 unspecified atom stereocenters. The Morgan fingerprint density at radius 2 is 1.41 bits per heavy atom. The van der Waals surface area contributed by atoms with Crippen molar-refractivity contribution in [3.05, 3.63) is 23.8 Å². The predicted molar refractivity (Wildman–Crippen MR) is 145 cm³/mol. The van der Waals surface area contributed by atoms with Crippen molar-refractivity contribution in [2.24, 2.45) is 16.6 Å². The van der Waals surface area contributed by atoms with Crippen molar-refractivity contribution in [3.63, 3.8) is 0 Å². The topological polar surface area (TPSA) is 140 Å². The summed E-state index contributed by atoms with van der Waals surface area (Å²) < 4.78 is 26.5. The molecule has 1 aromatic carbocycles. The highest BCUT2D eigenvalue weighted by Gasteiger charge is 2.39. The molecule has 0 amide bonds. The van der Waals surface area contributed by atoms with E-state index in [1.165, 1.54) is 19.2 Å². The second kappa shape index (κ2) is 14.3. The van der Waals surface area contributed by atoms with Gasteiger partial charge >= 0.3 is 24.1 Å². The maximum atomic E-state index is 12.9. The van der Waals surface area contributed by atoms with E-state index in [9.17, 15) is 19.2 Å². The number of nitrogens with two attached hydrogens (primary N) is 1. The predicted octanol–water partition coefficient (Wildman–Crippen LogP) is 5.12. The van der Waals surface area contributed by atoms with Gasteiger partial charge in [0.2, 0.25) is 0 Å². The molecular weight excluding hydrogens is 506 g/mol. The molecule has 0 aliphatic rings. The first kappa shape index (κ1) is 33.9. The minimum absolute atomic E-state index is 0.0268. The Morgan fingerprint density at radius 3 is 1.90 bits per heavy atom. The Bertz CT molecular complexity index is 1020. The molecule has 0 saturated heterocycles. The summed E-state index contributed by atoms with van der Waals surface area (Å²) in [4.78, 5) is 50.3. The Hall–Kier alpha value is -3.14. The average molecular weight is 552 g/mol. The summed E-state index contributed by atoms with van der Waals surface area (Å²) >= 11 is 0.